The normalized spacial score (nSPS) is 20.6. The van der Waals surface area contributed by atoms with E-state index in [1.165, 1.54) is 0 Å². The molecule has 0 aliphatic carbocycles. The molecule has 4 nitrogen and oxygen atoms in total. The Balaban J connectivity index is 2.24. The molecule has 0 amide bonds. The summed E-state index contributed by atoms with van der Waals surface area (Å²) in [7, 11) is 0. The highest BCUT2D eigenvalue weighted by Crippen LogP contribution is 2.28. The van der Waals surface area contributed by atoms with Gasteiger partial charge in [-0.25, -0.2) is 0 Å². The highest BCUT2D eigenvalue weighted by atomic mass is 35.5. The Morgan fingerprint density at radius 3 is 3.00 bits per heavy atom. The van der Waals surface area contributed by atoms with E-state index >= 15 is 0 Å². The number of halogens is 1. The summed E-state index contributed by atoms with van der Waals surface area (Å²) in [4.78, 5) is 2.23. The molecule has 1 fully saturated rings. The van der Waals surface area contributed by atoms with Gasteiger partial charge in [-0.1, -0.05) is 11.6 Å². The van der Waals surface area contributed by atoms with Crippen LogP contribution in [0.2, 0.25) is 5.02 Å². The van der Waals surface area contributed by atoms with Crippen molar-refractivity contribution in [3.05, 3.63) is 28.8 Å². The third-order valence-corrected chi connectivity index (χ3v) is 3.35. The molecule has 1 aromatic rings. The summed E-state index contributed by atoms with van der Waals surface area (Å²) in [5.41, 5.74) is 7.09. The smallest absolute Gasteiger partial charge is 0.122 e. The van der Waals surface area contributed by atoms with Crippen LogP contribution in [-0.4, -0.2) is 31.6 Å². The number of nitrogen functional groups attached to an aromatic ring is 1. The molecule has 1 aliphatic heterocycles. The molecule has 3 N–H and O–H groups in total. The molecule has 2 rings (SSSR count). The Morgan fingerprint density at radius 1 is 1.56 bits per heavy atom. The van der Waals surface area contributed by atoms with Crippen LogP contribution in [0.4, 0.5) is 5.69 Å². The maximum Gasteiger partial charge on any atom is 0.122 e. The van der Waals surface area contributed by atoms with E-state index in [1.54, 1.807) is 6.07 Å². The Kier molecular flexibility index (Phi) is 4.09. The summed E-state index contributed by atoms with van der Waals surface area (Å²) in [5, 5.41) is 8.04. The van der Waals surface area contributed by atoms with E-state index in [-0.39, 0.29) is 11.9 Å². The van der Waals surface area contributed by atoms with Crippen molar-refractivity contribution in [3.63, 3.8) is 0 Å². The van der Waals surface area contributed by atoms with E-state index < -0.39 is 0 Å². The number of amidine groups is 1. The van der Waals surface area contributed by atoms with E-state index in [0.717, 1.165) is 31.8 Å². The summed E-state index contributed by atoms with van der Waals surface area (Å²) < 4.78 is 5.62. The monoisotopic (exact) mass is 267 g/mol. The first-order chi connectivity index (χ1) is 8.58. The van der Waals surface area contributed by atoms with Gasteiger partial charge in [-0.15, -0.1) is 0 Å². The molecule has 98 valence electrons. The molecule has 0 saturated carbocycles. The van der Waals surface area contributed by atoms with E-state index in [4.69, 9.17) is 27.5 Å². The predicted octanol–water partition coefficient (Wildman–Crippen LogP) is 2.24. The number of nitrogens with one attached hydrogen (secondary N) is 1. The fraction of sp³-hybridized carbons (Fsp3) is 0.462. The highest BCUT2D eigenvalue weighted by molar-refractivity contribution is 6.33. The minimum Gasteiger partial charge on any atom is -0.384 e. The van der Waals surface area contributed by atoms with E-state index in [9.17, 15) is 0 Å². The number of benzene rings is 1. The van der Waals surface area contributed by atoms with Crippen molar-refractivity contribution in [3.8, 4) is 0 Å². The molecule has 1 saturated heterocycles. The quantitative estimate of drug-likeness (QED) is 0.638. The summed E-state index contributed by atoms with van der Waals surface area (Å²) in [6.45, 7) is 4.62. The van der Waals surface area contributed by atoms with Crippen molar-refractivity contribution in [2.45, 2.75) is 19.4 Å². The summed E-state index contributed by atoms with van der Waals surface area (Å²) in [5.74, 6) is 0.0380. The van der Waals surface area contributed by atoms with Crippen molar-refractivity contribution >= 4 is 23.1 Å². The number of nitrogens with two attached hydrogens (primary N) is 1. The van der Waals surface area contributed by atoms with Crippen LogP contribution < -0.4 is 10.6 Å². The Bertz CT molecular complexity index is 450. The van der Waals surface area contributed by atoms with Gasteiger partial charge in [-0.2, -0.15) is 0 Å². The average Bonchev–Trinajstić information content (AvgIpc) is 2.53. The fourth-order valence-corrected chi connectivity index (χ4v) is 2.44. The lowest BCUT2D eigenvalue weighted by atomic mass is 10.1. The number of hydrogen-bond acceptors (Lipinski definition) is 3. The Labute approximate surface area is 112 Å². The van der Waals surface area contributed by atoms with Crippen LogP contribution in [0.25, 0.3) is 0 Å². The average molecular weight is 268 g/mol. The molecule has 1 unspecified atom stereocenters. The largest absolute Gasteiger partial charge is 0.384 e. The van der Waals surface area contributed by atoms with Gasteiger partial charge in [0.1, 0.15) is 5.84 Å². The fourth-order valence-electron chi connectivity index (χ4n) is 2.14. The van der Waals surface area contributed by atoms with Crippen LogP contribution in [0.5, 0.6) is 0 Å². The van der Waals surface area contributed by atoms with Gasteiger partial charge in [0, 0.05) is 25.3 Å². The second-order valence-corrected chi connectivity index (χ2v) is 4.97. The molecule has 1 aliphatic rings. The van der Waals surface area contributed by atoms with Gasteiger partial charge in [0.05, 0.1) is 16.8 Å². The zero-order chi connectivity index (χ0) is 13.1. The molecule has 5 heteroatoms. The maximum absolute atomic E-state index is 7.40. The molecule has 18 heavy (non-hydrogen) atoms. The molecule has 0 spiro atoms. The molecule has 1 atom stereocenters. The zero-order valence-electron chi connectivity index (χ0n) is 10.4. The maximum atomic E-state index is 7.40. The number of nitrogens with zero attached hydrogens (tertiary/aromatic N) is 1. The topological polar surface area (TPSA) is 62.3 Å². The molecular weight excluding hydrogens is 250 g/mol. The van der Waals surface area contributed by atoms with Gasteiger partial charge in [-0.3, -0.25) is 5.41 Å². The van der Waals surface area contributed by atoms with Gasteiger partial charge in [-0.05, 0) is 31.5 Å². The highest BCUT2D eigenvalue weighted by Gasteiger charge is 2.17. The lowest BCUT2D eigenvalue weighted by molar-refractivity contribution is 0.0821. The number of hydrogen-bond donors (Lipinski definition) is 2. The van der Waals surface area contributed by atoms with Crippen molar-refractivity contribution in [1.82, 2.24) is 0 Å². The molecule has 0 radical (unpaired) electrons. The summed E-state index contributed by atoms with van der Waals surface area (Å²) >= 11 is 6.27. The van der Waals surface area contributed by atoms with Crippen LogP contribution in [0.1, 0.15) is 18.9 Å². The van der Waals surface area contributed by atoms with Crippen LogP contribution >= 0.6 is 11.6 Å². The summed E-state index contributed by atoms with van der Waals surface area (Å²) in [6.07, 6.45) is 1.20. The summed E-state index contributed by atoms with van der Waals surface area (Å²) in [6, 6.07) is 5.51. The number of rotatable bonds is 2. The van der Waals surface area contributed by atoms with Crippen LogP contribution in [-0.2, 0) is 4.74 Å². The van der Waals surface area contributed by atoms with Crippen molar-refractivity contribution < 1.29 is 4.74 Å². The lowest BCUT2D eigenvalue weighted by Gasteiger charge is -2.25. The Morgan fingerprint density at radius 2 is 2.33 bits per heavy atom. The van der Waals surface area contributed by atoms with Crippen LogP contribution in [0.15, 0.2) is 18.2 Å². The Hall–Kier alpha value is -1.26. The molecule has 0 aromatic heterocycles. The minimum atomic E-state index is 0.0380. The van der Waals surface area contributed by atoms with Gasteiger partial charge in [0.2, 0.25) is 0 Å². The third-order valence-electron chi connectivity index (χ3n) is 3.05. The third kappa shape index (κ3) is 2.94. The van der Waals surface area contributed by atoms with E-state index in [2.05, 4.69) is 11.8 Å². The second-order valence-electron chi connectivity index (χ2n) is 4.56. The van der Waals surface area contributed by atoms with Gasteiger partial charge >= 0.3 is 0 Å². The number of ether oxygens (including phenoxy) is 1. The van der Waals surface area contributed by atoms with Crippen LogP contribution in [0.3, 0.4) is 0 Å². The molecule has 1 heterocycles. The SMILES string of the molecule is CC1CN(c2ccc(C(=N)N)cc2Cl)CCCO1. The van der Waals surface area contributed by atoms with Gasteiger partial charge < -0.3 is 15.4 Å². The van der Waals surface area contributed by atoms with Gasteiger partial charge in [0.25, 0.3) is 0 Å². The van der Waals surface area contributed by atoms with Gasteiger partial charge in [0.15, 0.2) is 0 Å². The van der Waals surface area contributed by atoms with Crippen LogP contribution in [0, 0.1) is 5.41 Å². The minimum absolute atomic E-state index is 0.0380. The lowest BCUT2D eigenvalue weighted by Crippen LogP contribution is -2.30. The molecule has 1 aromatic carbocycles. The number of anilines is 1. The second kappa shape index (κ2) is 5.59. The standard InChI is InChI=1S/C13H18ClN3O/c1-9-8-17(5-2-6-18-9)12-4-3-10(13(15)16)7-11(12)14/h3-4,7,9H,2,5-6,8H2,1H3,(H3,15,16). The van der Waals surface area contributed by atoms with E-state index in [1.807, 2.05) is 12.1 Å². The molecule has 0 bridgehead atoms. The first kappa shape index (κ1) is 13.2. The molecular formula is C13H18ClN3O. The first-order valence-electron chi connectivity index (χ1n) is 6.08. The van der Waals surface area contributed by atoms with Crippen molar-refractivity contribution in [2.24, 2.45) is 5.73 Å². The van der Waals surface area contributed by atoms with Crippen molar-refractivity contribution in [2.75, 3.05) is 24.6 Å². The predicted molar refractivity (Wildman–Crippen MR) is 74.7 cm³/mol. The van der Waals surface area contributed by atoms with Crippen molar-refractivity contribution in [1.29, 1.82) is 5.41 Å². The van der Waals surface area contributed by atoms with E-state index in [0.29, 0.717) is 10.6 Å². The first-order valence-corrected chi connectivity index (χ1v) is 6.46. The zero-order valence-corrected chi connectivity index (χ0v) is 11.2.